The van der Waals surface area contributed by atoms with Gasteiger partial charge >= 0.3 is 5.97 Å². The predicted molar refractivity (Wildman–Crippen MR) is 79.6 cm³/mol. The smallest absolute Gasteiger partial charge is 0.337 e. The zero-order chi connectivity index (χ0) is 14.1. The van der Waals surface area contributed by atoms with Crippen LogP contribution < -0.4 is 5.32 Å². The van der Waals surface area contributed by atoms with Crippen LogP contribution in [0.25, 0.3) is 0 Å². The maximum Gasteiger partial charge on any atom is 0.337 e. The maximum absolute atomic E-state index is 11.3. The van der Waals surface area contributed by atoms with Gasteiger partial charge in [0.25, 0.3) is 0 Å². The van der Waals surface area contributed by atoms with Crippen molar-refractivity contribution in [2.24, 2.45) is 0 Å². The first-order valence-electron chi connectivity index (χ1n) is 7.12. The van der Waals surface area contributed by atoms with Gasteiger partial charge in [0.15, 0.2) is 0 Å². The third-order valence-corrected chi connectivity index (χ3v) is 3.21. The van der Waals surface area contributed by atoms with Gasteiger partial charge in [-0.15, -0.1) is 0 Å². The summed E-state index contributed by atoms with van der Waals surface area (Å²) in [6, 6.07) is 7.89. The number of unbranched alkanes of at least 4 members (excludes halogenated alkanes) is 3. The highest BCUT2D eigenvalue weighted by atomic mass is 16.5. The Kier molecular flexibility index (Phi) is 7.01. The summed E-state index contributed by atoms with van der Waals surface area (Å²) in [6.45, 7) is 4.42. The summed E-state index contributed by atoms with van der Waals surface area (Å²) in [4.78, 5) is 11.3. The topological polar surface area (TPSA) is 38.3 Å². The lowest BCUT2D eigenvalue weighted by Crippen LogP contribution is -2.15. The summed E-state index contributed by atoms with van der Waals surface area (Å²) >= 11 is 0. The lowest BCUT2D eigenvalue weighted by Gasteiger charge is -2.15. The van der Waals surface area contributed by atoms with E-state index in [1.54, 1.807) is 12.1 Å². The van der Waals surface area contributed by atoms with Gasteiger partial charge in [-0.2, -0.15) is 0 Å². The average Bonchev–Trinajstić information content (AvgIpc) is 2.43. The largest absolute Gasteiger partial charge is 0.465 e. The zero-order valence-corrected chi connectivity index (χ0v) is 12.2. The van der Waals surface area contributed by atoms with Gasteiger partial charge in [-0.05, 0) is 37.6 Å². The lowest BCUT2D eigenvalue weighted by molar-refractivity contribution is 0.0601. The Balaban J connectivity index is 2.38. The van der Waals surface area contributed by atoms with E-state index in [1.807, 2.05) is 12.1 Å². The molecule has 0 saturated heterocycles. The number of carbonyl (C=O) groups is 1. The number of hydrogen-bond donors (Lipinski definition) is 1. The fourth-order valence-corrected chi connectivity index (χ4v) is 2.05. The molecule has 0 bridgehead atoms. The van der Waals surface area contributed by atoms with Crippen molar-refractivity contribution in [2.45, 2.75) is 52.0 Å². The minimum absolute atomic E-state index is 0.292. The first-order valence-corrected chi connectivity index (χ1v) is 7.12. The molecule has 1 aromatic carbocycles. The molecule has 0 radical (unpaired) electrons. The van der Waals surface area contributed by atoms with Gasteiger partial charge in [0, 0.05) is 11.7 Å². The van der Waals surface area contributed by atoms with Gasteiger partial charge in [0.2, 0.25) is 0 Å². The van der Waals surface area contributed by atoms with Crippen LogP contribution in [0.3, 0.4) is 0 Å². The molecule has 1 unspecified atom stereocenters. The van der Waals surface area contributed by atoms with Crippen LogP contribution in [-0.4, -0.2) is 19.1 Å². The van der Waals surface area contributed by atoms with Crippen molar-refractivity contribution in [3.05, 3.63) is 29.8 Å². The molecule has 1 atom stereocenters. The van der Waals surface area contributed by atoms with Crippen molar-refractivity contribution in [1.82, 2.24) is 0 Å². The molecule has 1 rings (SSSR count). The Bertz CT molecular complexity index is 373. The van der Waals surface area contributed by atoms with Crippen LogP contribution in [0.4, 0.5) is 5.69 Å². The van der Waals surface area contributed by atoms with Gasteiger partial charge in [-0.25, -0.2) is 4.79 Å². The molecule has 0 aliphatic carbocycles. The van der Waals surface area contributed by atoms with E-state index < -0.39 is 0 Å². The van der Waals surface area contributed by atoms with E-state index in [2.05, 4.69) is 23.9 Å². The average molecular weight is 263 g/mol. The minimum Gasteiger partial charge on any atom is -0.465 e. The second-order valence-corrected chi connectivity index (χ2v) is 4.96. The van der Waals surface area contributed by atoms with Gasteiger partial charge in [0.1, 0.15) is 0 Å². The molecule has 0 saturated carbocycles. The van der Waals surface area contributed by atoms with Crippen molar-refractivity contribution in [1.29, 1.82) is 0 Å². The predicted octanol–water partition coefficient (Wildman–Crippen LogP) is 4.24. The molecule has 0 amide bonds. The molecule has 3 nitrogen and oxygen atoms in total. The Morgan fingerprint density at radius 1 is 1.21 bits per heavy atom. The summed E-state index contributed by atoms with van der Waals surface area (Å²) in [5.74, 6) is -0.292. The van der Waals surface area contributed by atoms with Gasteiger partial charge in [0.05, 0.1) is 12.7 Å². The molecule has 0 aliphatic heterocycles. The second kappa shape index (κ2) is 8.57. The van der Waals surface area contributed by atoms with Crippen LogP contribution in [-0.2, 0) is 4.74 Å². The van der Waals surface area contributed by atoms with Crippen LogP contribution in [0.2, 0.25) is 0 Å². The number of anilines is 1. The number of nitrogens with one attached hydrogen (secondary N) is 1. The van der Waals surface area contributed by atoms with Gasteiger partial charge in [-0.1, -0.05) is 32.6 Å². The maximum atomic E-state index is 11.3. The van der Waals surface area contributed by atoms with E-state index in [0.717, 1.165) is 5.69 Å². The van der Waals surface area contributed by atoms with Crippen molar-refractivity contribution < 1.29 is 9.53 Å². The lowest BCUT2D eigenvalue weighted by atomic mass is 10.1. The first-order chi connectivity index (χ1) is 9.17. The molecule has 3 heteroatoms. The molecule has 1 N–H and O–H groups in total. The first kappa shape index (κ1) is 15.5. The van der Waals surface area contributed by atoms with Crippen LogP contribution in [0.5, 0.6) is 0 Å². The van der Waals surface area contributed by atoms with Gasteiger partial charge < -0.3 is 10.1 Å². The number of hydrogen-bond acceptors (Lipinski definition) is 3. The monoisotopic (exact) mass is 263 g/mol. The fourth-order valence-electron chi connectivity index (χ4n) is 2.05. The number of carbonyl (C=O) groups excluding carboxylic acids is 1. The number of esters is 1. The minimum atomic E-state index is -0.292. The van der Waals surface area contributed by atoms with Gasteiger partial charge in [-0.3, -0.25) is 0 Å². The van der Waals surface area contributed by atoms with Crippen molar-refractivity contribution in [3.63, 3.8) is 0 Å². The molecule has 19 heavy (non-hydrogen) atoms. The number of benzene rings is 1. The molecule has 106 valence electrons. The second-order valence-electron chi connectivity index (χ2n) is 4.96. The van der Waals surface area contributed by atoms with E-state index in [1.165, 1.54) is 39.2 Å². The summed E-state index contributed by atoms with van der Waals surface area (Å²) in [7, 11) is 1.40. The third-order valence-electron chi connectivity index (χ3n) is 3.21. The van der Waals surface area contributed by atoms with Crippen molar-refractivity contribution in [3.8, 4) is 0 Å². The molecule has 0 fully saturated rings. The molecule has 0 aliphatic rings. The SMILES string of the molecule is CCCCCCC(C)Nc1ccc(C(=O)OC)cc1. The van der Waals surface area contributed by atoms with Crippen LogP contribution in [0, 0.1) is 0 Å². The molecule has 0 aromatic heterocycles. The Labute approximate surface area is 116 Å². The van der Waals surface area contributed by atoms with E-state index in [4.69, 9.17) is 0 Å². The van der Waals surface area contributed by atoms with E-state index in [9.17, 15) is 4.79 Å². The van der Waals surface area contributed by atoms with E-state index in [0.29, 0.717) is 11.6 Å². The molecular formula is C16H25NO2. The molecule has 0 heterocycles. The summed E-state index contributed by atoms with van der Waals surface area (Å²) < 4.78 is 4.67. The highest BCUT2D eigenvalue weighted by Gasteiger charge is 2.05. The molecule has 1 aromatic rings. The van der Waals surface area contributed by atoms with E-state index >= 15 is 0 Å². The van der Waals surface area contributed by atoms with Crippen LogP contribution in [0.1, 0.15) is 56.3 Å². The number of methoxy groups -OCH3 is 1. The molecular weight excluding hydrogens is 238 g/mol. The quantitative estimate of drug-likeness (QED) is 0.563. The van der Waals surface area contributed by atoms with Crippen LogP contribution >= 0.6 is 0 Å². The van der Waals surface area contributed by atoms with Crippen molar-refractivity contribution in [2.75, 3.05) is 12.4 Å². The Morgan fingerprint density at radius 2 is 1.89 bits per heavy atom. The number of ether oxygens (including phenoxy) is 1. The zero-order valence-electron chi connectivity index (χ0n) is 12.2. The normalized spacial score (nSPS) is 11.9. The summed E-state index contributed by atoms with van der Waals surface area (Å²) in [5.41, 5.74) is 1.64. The van der Waals surface area contributed by atoms with Crippen LogP contribution in [0.15, 0.2) is 24.3 Å². The standard InChI is InChI=1S/C16H25NO2/c1-4-5-6-7-8-13(2)17-15-11-9-14(10-12-15)16(18)19-3/h9-13,17H,4-8H2,1-3H3. The Morgan fingerprint density at radius 3 is 2.47 bits per heavy atom. The highest BCUT2D eigenvalue weighted by molar-refractivity contribution is 5.89. The number of rotatable bonds is 8. The Hall–Kier alpha value is -1.51. The van der Waals surface area contributed by atoms with Crippen molar-refractivity contribution >= 4 is 11.7 Å². The molecule has 0 spiro atoms. The fraction of sp³-hybridized carbons (Fsp3) is 0.562. The highest BCUT2D eigenvalue weighted by Crippen LogP contribution is 2.14. The summed E-state index contributed by atoms with van der Waals surface area (Å²) in [5, 5.41) is 3.45. The van der Waals surface area contributed by atoms with E-state index in [-0.39, 0.29) is 5.97 Å². The summed E-state index contributed by atoms with van der Waals surface area (Å²) in [6.07, 6.45) is 6.35. The third kappa shape index (κ3) is 5.77.